The van der Waals surface area contributed by atoms with Gasteiger partial charge in [0, 0.05) is 12.8 Å². The summed E-state index contributed by atoms with van der Waals surface area (Å²) < 4.78 is 5.43. The average molecular weight is 597 g/mol. The predicted molar refractivity (Wildman–Crippen MR) is 178 cm³/mol. The molecule has 0 aliphatic heterocycles. The Kier molecular flexibility index (Phi) is 33.8. The van der Waals surface area contributed by atoms with Crippen LogP contribution in [0.5, 0.6) is 0 Å². The smallest absolute Gasteiger partial charge is 0.305 e. The van der Waals surface area contributed by atoms with Crippen molar-refractivity contribution in [1.82, 2.24) is 0 Å². The van der Waals surface area contributed by atoms with Gasteiger partial charge in [-0.25, -0.2) is 0 Å². The lowest BCUT2D eigenvalue weighted by molar-refractivity contribution is -0.143. The minimum Gasteiger partial charge on any atom is -0.466 e. The molecule has 0 aliphatic rings. The average Bonchev–Trinajstić information content (AvgIpc) is 3.00. The molecule has 250 valence electrons. The summed E-state index contributed by atoms with van der Waals surface area (Å²) in [4.78, 5) is 23.4. The first-order valence-electron chi connectivity index (χ1n) is 18.6. The van der Waals surface area contributed by atoms with E-state index in [1.54, 1.807) is 0 Å². The van der Waals surface area contributed by atoms with E-state index in [1.807, 2.05) is 0 Å². The van der Waals surface area contributed by atoms with E-state index in [0.717, 1.165) is 44.9 Å². The molecule has 0 aromatic rings. The molecule has 1 atom stereocenters. The number of unbranched alkanes of at least 4 members (excludes halogenated alkanes) is 27. The first-order valence-corrected chi connectivity index (χ1v) is 18.6. The van der Waals surface area contributed by atoms with Crippen LogP contribution in [-0.2, 0) is 14.3 Å². The highest BCUT2D eigenvalue weighted by molar-refractivity contribution is 5.82. The number of hydrogen-bond acceptors (Lipinski definition) is 5. The van der Waals surface area contributed by atoms with Crippen LogP contribution in [0, 0.1) is 0 Å². The third-order valence-electron chi connectivity index (χ3n) is 8.61. The number of aliphatic hydroxyl groups excluding tert-OH is 2. The summed E-state index contributed by atoms with van der Waals surface area (Å²) in [6.07, 6.45) is 36.7. The Morgan fingerprint density at radius 1 is 0.476 bits per heavy atom. The molecule has 0 rings (SSSR count). The molecule has 0 bridgehead atoms. The molecule has 0 fully saturated rings. The molecule has 0 heterocycles. The van der Waals surface area contributed by atoms with Crippen LogP contribution in [-0.4, -0.2) is 41.3 Å². The van der Waals surface area contributed by atoms with Crippen molar-refractivity contribution in [3.05, 3.63) is 0 Å². The van der Waals surface area contributed by atoms with E-state index < -0.39 is 12.7 Å². The van der Waals surface area contributed by atoms with E-state index in [-0.39, 0.29) is 11.8 Å². The normalized spacial score (nSPS) is 12.1. The van der Waals surface area contributed by atoms with Gasteiger partial charge in [-0.05, 0) is 19.3 Å². The van der Waals surface area contributed by atoms with E-state index in [0.29, 0.717) is 19.4 Å². The van der Waals surface area contributed by atoms with Gasteiger partial charge in [0.15, 0.2) is 5.78 Å². The Balaban J connectivity index is 3.19. The number of ether oxygens (including phenoxy) is 1. The molecular weight excluding hydrogens is 524 g/mol. The Morgan fingerprint density at radius 3 is 1.14 bits per heavy atom. The van der Waals surface area contributed by atoms with E-state index in [1.165, 1.54) is 141 Å². The summed E-state index contributed by atoms with van der Waals surface area (Å²) in [5, 5.41) is 18.0. The van der Waals surface area contributed by atoms with Gasteiger partial charge >= 0.3 is 5.97 Å². The van der Waals surface area contributed by atoms with E-state index in [2.05, 4.69) is 6.92 Å². The Bertz CT molecular complexity index is 564. The third kappa shape index (κ3) is 32.0. The number of esters is 1. The van der Waals surface area contributed by atoms with Gasteiger partial charge in [-0.3, -0.25) is 9.59 Å². The van der Waals surface area contributed by atoms with Crippen LogP contribution in [0.1, 0.15) is 206 Å². The molecule has 2 N–H and O–H groups in total. The van der Waals surface area contributed by atoms with E-state index in [4.69, 9.17) is 9.84 Å². The molecule has 5 nitrogen and oxygen atoms in total. The SMILES string of the molecule is CCCCCCCCCCCCCCCCCC(=O)OCCCCCCCCCCCCCCCCC(=O)C(O)CO. The maximum atomic E-state index is 11.9. The number of hydrogen-bond donors (Lipinski definition) is 2. The van der Waals surface area contributed by atoms with Crippen molar-refractivity contribution in [2.24, 2.45) is 0 Å². The zero-order valence-electron chi connectivity index (χ0n) is 28.0. The first kappa shape index (κ1) is 41.1. The number of carbonyl (C=O) groups excluding carboxylic acids is 2. The molecule has 0 aliphatic carbocycles. The molecule has 0 saturated heterocycles. The molecule has 42 heavy (non-hydrogen) atoms. The summed E-state index contributed by atoms with van der Waals surface area (Å²) in [5.41, 5.74) is 0. The van der Waals surface area contributed by atoms with Gasteiger partial charge in [-0.15, -0.1) is 0 Å². The van der Waals surface area contributed by atoms with Crippen LogP contribution in [0.3, 0.4) is 0 Å². The van der Waals surface area contributed by atoms with Crippen LogP contribution < -0.4 is 0 Å². The summed E-state index contributed by atoms with van der Waals surface area (Å²) in [6, 6.07) is 0. The molecule has 0 aromatic carbocycles. The van der Waals surface area contributed by atoms with Crippen molar-refractivity contribution in [3.8, 4) is 0 Å². The highest BCUT2D eigenvalue weighted by Gasteiger charge is 2.12. The highest BCUT2D eigenvalue weighted by Crippen LogP contribution is 2.15. The van der Waals surface area contributed by atoms with Gasteiger partial charge in [-0.2, -0.15) is 0 Å². The van der Waals surface area contributed by atoms with Gasteiger partial charge in [-0.1, -0.05) is 174 Å². The lowest BCUT2D eigenvalue weighted by Crippen LogP contribution is -2.23. The number of Topliss-reactive ketones (excluding diaryl/α,β-unsaturated/α-hetero) is 1. The molecular formula is C37H72O5. The van der Waals surface area contributed by atoms with Crippen molar-refractivity contribution in [1.29, 1.82) is 0 Å². The van der Waals surface area contributed by atoms with Crippen LogP contribution in [0.25, 0.3) is 0 Å². The van der Waals surface area contributed by atoms with Gasteiger partial charge in [0.05, 0.1) is 13.2 Å². The summed E-state index contributed by atoms with van der Waals surface area (Å²) in [7, 11) is 0. The number of ketones is 1. The predicted octanol–water partition coefficient (Wildman–Crippen LogP) is 10.6. The molecule has 0 amide bonds. The van der Waals surface area contributed by atoms with Crippen molar-refractivity contribution in [2.75, 3.05) is 13.2 Å². The second kappa shape index (κ2) is 34.5. The molecule has 0 aromatic heterocycles. The minimum absolute atomic E-state index is 0.00215. The molecule has 0 radical (unpaired) electrons. The first-order chi connectivity index (χ1) is 20.6. The van der Waals surface area contributed by atoms with Gasteiger partial charge in [0.1, 0.15) is 6.10 Å². The fraction of sp³-hybridized carbons (Fsp3) is 0.946. The maximum absolute atomic E-state index is 11.9. The Morgan fingerprint density at radius 2 is 0.786 bits per heavy atom. The van der Waals surface area contributed by atoms with Crippen molar-refractivity contribution in [2.45, 2.75) is 212 Å². The second-order valence-electron chi connectivity index (χ2n) is 12.8. The Labute approximate surface area is 261 Å². The summed E-state index contributed by atoms with van der Waals surface area (Å²) in [5.74, 6) is -0.237. The van der Waals surface area contributed by atoms with E-state index >= 15 is 0 Å². The van der Waals surface area contributed by atoms with E-state index in [9.17, 15) is 14.7 Å². The standard InChI is InChI=1S/C37H72O5/c1-2-3-4-5-6-7-8-9-10-14-17-20-23-26-29-32-37(41)42-33-30-27-24-21-18-15-12-11-13-16-19-22-25-28-31-35(39)36(40)34-38/h36,38,40H,2-34H2,1H3. The van der Waals surface area contributed by atoms with Crippen molar-refractivity contribution in [3.63, 3.8) is 0 Å². The summed E-state index contributed by atoms with van der Waals surface area (Å²) in [6.45, 7) is 2.41. The second-order valence-corrected chi connectivity index (χ2v) is 12.8. The van der Waals surface area contributed by atoms with Crippen molar-refractivity contribution >= 4 is 11.8 Å². The van der Waals surface area contributed by atoms with Crippen LogP contribution in [0.4, 0.5) is 0 Å². The Hall–Kier alpha value is -0.940. The van der Waals surface area contributed by atoms with Gasteiger partial charge < -0.3 is 14.9 Å². The van der Waals surface area contributed by atoms with Crippen molar-refractivity contribution < 1.29 is 24.5 Å². The lowest BCUT2D eigenvalue weighted by Gasteiger charge is -2.06. The molecule has 0 spiro atoms. The zero-order chi connectivity index (χ0) is 30.8. The lowest BCUT2D eigenvalue weighted by atomic mass is 10.0. The van der Waals surface area contributed by atoms with Crippen LogP contribution >= 0.6 is 0 Å². The fourth-order valence-corrected chi connectivity index (χ4v) is 5.69. The maximum Gasteiger partial charge on any atom is 0.305 e. The number of rotatable bonds is 35. The molecule has 5 heteroatoms. The quantitative estimate of drug-likeness (QED) is 0.0561. The number of aliphatic hydroxyl groups is 2. The number of carbonyl (C=O) groups is 2. The van der Waals surface area contributed by atoms with Crippen LogP contribution in [0.2, 0.25) is 0 Å². The summed E-state index contributed by atoms with van der Waals surface area (Å²) >= 11 is 0. The molecule has 0 saturated carbocycles. The largest absolute Gasteiger partial charge is 0.466 e. The monoisotopic (exact) mass is 597 g/mol. The fourth-order valence-electron chi connectivity index (χ4n) is 5.69. The highest BCUT2D eigenvalue weighted by atomic mass is 16.5. The zero-order valence-corrected chi connectivity index (χ0v) is 28.0. The minimum atomic E-state index is -1.19. The third-order valence-corrected chi connectivity index (χ3v) is 8.61. The topological polar surface area (TPSA) is 83.8 Å². The van der Waals surface area contributed by atoms with Crippen LogP contribution in [0.15, 0.2) is 0 Å². The van der Waals surface area contributed by atoms with Gasteiger partial charge in [0.25, 0.3) is 0 Å². The van der Waals surface area contributed by atoms with Gasteiger partial charge in [0.2, 0.25) is 0 Å². The molecule has 1 unspecified atom stereocenters.